The molecule has 1 aliphatic heterocycles. The van der Waals surface area contributed by atoms with E-state index in [1.807, 2.05) is 13.0 Å². The zero-order chi connectivity index (χ0) is 15.1. The van der Waals surface area contributed by atoms with E-state index in [9.17, 15) is 4.79 Å². The average Bonchev–Trinajstić information content (AvgIpc) is 3.14. The lowest BCUT2D eigenvalue weighted by atomic mass is 10.1. The number of hydrogen-bond acceptors (Lipinski definition) is 3. The van der Waals surface area contributed by atoms with Crippen molar-refractivity contribution in [3.8, 4) is 0 Å². The predicted octanol–water partition coefficient (Wildman–Crippen LogP) is 3.61. The average molecular weight is 328 g/mol. The van der Waals surface area contributed by atoms with Crippen LogP contribution in [0.15, 0.2) is 16.7 Å². The van der Waals surface area contributed by atoms with Crippen molar-refractivity contribution in [1.82, 2.24) is 14.6 Å². The maximum atomic E-state index is 12.8. The van der Waals surface area contributed by atoms with Crippen LogP contribution in [0.4, 0.5) is 0 Å². The molecule has 0 aliphatic carbocycles. The van der Waals surface area contributed by atoms with Crippen molar-refractivity contribution in [3.05, 3.63) is 39.5 Å². The number of likely N-dealkylation sites (tertiary alicyclic amines) is 1. The molecule has 3 rings (SSSR count). The summed E-state index contributed by atoms with van der Waals surface area (Å²) >= 11 is 12.0. The third kappa shape index (κ3) is 2.45. The molecule has 1 saturated heterocycles. The summed E-state index contributed by atoms with van der Waals surface area (Å²) in [5, 5.41) is 4.79. The van der Waals surface area contributed by atoms with E-state index >= 15 is 0 Å². The molecule has 3 heterocycles. The summed E-state index contributed by atoms with van der Waals surface area (Å²) in [6.45, 7) is 2.53. The lowest BCUT2D eigenvalue weighted by Gasteiger charge is -2.23. The van der Waals surface area contributed by atoms with Gasteiger partial charge in [-0.25, -0.2) is 0 Å². The molecule has 1 amide bonds. The Morgan fingerprint density at radius 2 is 2.19 bits per heavy atom. The first-order valence-electron chi connectivity index (χ1n) is 6.74. The van der Waals surface area contributed by atoms with Crippen molar-refractivity contribution in [2.24, 2.45) is 7.05 Å². The van der Waals surface area contributed by atoms with Gasteiger partial charge in [0.1, 0.15) is 22.3 Å². The Morgan fingerprint density at radius 3 is 2.76 bits per heavy atom. The topological polar surface area (TPSA) is 51.3 Å². The van der Waals surface area contributed by atoms with E-state index < -0.39 is 0 Å². The molecule has 0 bridgehead atoms. The van der Waals surface area contributed by atoms with Crippen LogP contribution in [-0.4, -0.2) is 27.1 Å². The minimum atomic E-state index is -0.0885. The highest BCUT2D eigenvalue weighted by atomic mass is 35.5. The third-order valence-electron chi connectivity index (χ3n) is 3.84. The van der Waals surface area contributed by atoms with Gasteiger partial charge >= 0.3 is 0 Å². The predicted molar refractivity (Wildman–Crippen MR) is 79.7 cm³/mol. The second-order valence-corrected chi connectivity index (χ2v) is 6.01. The summed E-state index contributed by atoms with van der Waals surface area (Å²) in [6.07, 6.45) is 1.82. The number of aryl methyl sites for hydroxylation is 1. The van der Waals surface area contributed by atoms with Gasteiger partial charge in [0.2, 0.25) is 0 Å². The van der Waals surface area contributed by atoms with Crippen molar-refractivity contribution in [2.75, 3.05) is 6.54 Å². The van der Waals surface area contributed by atoms with Crippen LogP contribution in [-0.2, 0) is 7.05 Å². The van der Waals surface area contributed by atoms with Crippen LogP contribution < -0.4 is 0 Å². The van der Waals surface area contributed by atoms with Gasteiger partial charge in [0, 0.05) is 19.7 Å². The van der Waals surface area contributed by atoms with Crippen LogP contribution in [0.2, 0.25) is 10.2 Å². The third-order valence-corrected chi connectivity index (χ3v) is 4.68. The van der Waals surface area contributed by atoms with Gasteiger partial charge in [-0.3, -0.25) is 4.79 Å². The fraction of sp³-hybridized carbons (Fsp3) is 0.429. The lowest BCUT2D eigenvalue weighted by molar-refractivity contribution is 0.0721. The van der Waals surface area contributed by atoms with Gasteiger partial charge in [-0.2, -0.15) is 0 Å². The van der Waals surface area contributed by atoms with Gasteiger partial charge in [-0.15, -0.1) is 0 Å². The van der Waals surface area contributed by atoms with Crippen LogP contribution in [0.5, 0.6) is 0 Å². The van der Waals surface area contributed by atoms with Crippen LogP contribution >= 0.6 is 23.2 Å². The molecule has 5 nitrogen and oxygen atoms in total. The summed E-state index contributed by atoms with van der Waals surface area (Å²) in [4.78, 5) is 14.6. The second kappa shape index (κ2) is 5.39. The van der Waals surface area contributed by atoms with E-state index in [4.69, 9.17) is 27.7 Å². The summed E-state index contributed by atoms with van der Waals surface area (Å²) < 4.78 is 6.73. The number of hydrogen-bond donors (Lipinski definition) is 0. The van der Waals surface area contributed by atoms with Gasteiger partial charge in [0.25, 0.3) is 5.91 Å². The SMILES string of the molecule is Cc1cc(C2CCCN2C(=O)c2cc(Cl)c(Cl)n2C)no1. The van der Waals surface area contributed by atoms with Gasteiger partial charge in [0.05, 0.1) is 11.1 Å². The first-order valence-corrected chi connectivity index (χ1v) is 7.49. The Bertz CT molecular complexity index is 692. The molecule has 1 fully saturated rings. The van der Waals surface area contributed by atoms with Gasteiger partial charge in [-0.1, -0.05) is 28.4 Å². The molecule has 112 valence electrons. The molecule has 2 aromatic heterocycles. The highest BCUT2D eigenvalue weighted by Crippen LogP contribution is 2.34. The second-order valence-electron chi connectivity index (χ2n) is 5.25. The van der Waals surface area contributed by atoms with Crippen molar-refractivity contribution < 1.29 is 9.32 Å². The van der Waals surface area contributed by atoms with E-state index in [0.717, 1.165) is 24.3 Å². The van der Waals surface area contributed by atoms with Gasteiger partial charge in [0.15, 0.2) is 0 Å². The van der Waals surface area contributed by atoms with Crippen LogP contribution in [0.25, 0.3) is 0 Å². The molecule has 1 unspecified atom stereocenters. The van der Waals surface area contributed by atoms with Crippen molar-refractivity contribution in [1.29, 1.82) is 0 Å². The number of nitrogens with zero attached hydrogens (tertiary/aromatic N) is 3. The van der Waals surface area contributed by atoms with Crippen molar-refractivity contribution in [2.45, 2.75) is 25.8 Å². The summed E-state index contributed by atoms with van der Waals surface area (Å²) in [5.41, 5.74) is 1.28. The van der Waals surface area contributed by atoms with E-state index in [-0.39, 0.29) is 11.9 Å². The largest absolute Gasteiger partial charge is 0.361 e. The maximum Gasteiger partial charge on any atom is 0.271 e. The van der Waals surface area contributed by atoms with Gasteiger partial charge in [-0.05, 0) is 25.8 Å². The number of carbonyl (C=O) groups is 1. The van der Waals surface area contributed by atoms with E-state index in [1.54, 1.807) is 22.6 Å². The Kier molecular flexibility index (Phi) is 3.71. The first kappa shape index (κ1) is 14.5. The lowest BCUT2D eigenvalue weighted by Crippen LogP contribution is -2.32. The first-order chi connectivity index (χ1) is 9.99. The normalized spacial score (nSPS) is 18.5. The molecule has 21 heavy (non-hydrogen) atoms. The standard InChI is InChI=1S/C14H15Cl2N3O2/c1-8-6-10(17-21-8)11-4-3-5-19(11)14(20)12-7-9(15)13(16)18(12)2/h6-7,11H,3-5H2,1-2H3. The summed E-state index contributed by atoms with van der Waals surface area (Å²) in [5.74, 6) is 0.656. The fourth-order valence-corrected chi connectivity index (χ4v) is 3.13. The number of rotatable bonds is 2. The number of halogens is 2. The minimum Gasteiger partial charge on any atom is -0.361 e. The molecular formula is C14H15Cl2N3O2. The molecule has 7 heteroatoms. The zero-order valence-corrected chi connectivity index (χ0v) is 13.3. The number of amides is 1. The van der Waals surface area contributed by atoms with Crippen LogP contribution in [0.3, 0.4) is 0 Å². The van der Waals surface area contributed by atoms with E-state index in [0.29, 0.717) is 22.4 Å². The molecule has 0 aromatic carbocycles. The molecule has 0 radical (unpaired) electrons. The molecule has 1 atom stereocenters. The van der Waals surface area contributed by atoms with E-state index in [2.05, 4.69) is 5.16 Å². The maximum absolute atomic E-state index is 12.8. The fourth-order valence-electron chi connectivity index (χ4n) is 2.75. The van der Waals surface area contributed by atoms with Crippen molar-refractivity contribution >= 4 is 29.1 Å². The number of aromatic nitrogens is 2. The van der Waals surface area contributed by atoms with E-state index in [1.165, 1.54) is 0 Å². The van der Waals surface area contributed by atoms with Crippen LogP contribution in [0, 0.1) is 6.92 Å². The smallest absolute Gasteiger partial charge is 0.271 e. The molecule has 0 saturated carbocycles. The molecular weight excluding hydrogens is 313 g/mol. The zero-order valence-electron chi connectivity index (χ0n) is 11.8. The minimum absolute atomic E-state index is 0.0533. The summed E-state index contributed by atoms with van der Waals surface area (Å²) in [6, 6.07) is 3.43. The monoisotopic (exact) mass is 327 g/mol. The Hall–Kier alpha value is -1.46. The number of carbonyl (C=O) groups excluding carboxylic acids is 1. The highest BCUT2D eigenvalue weighted by molar-refractivity contribution is 6.41. The summed E-state index contributed by atoms with van der Waals surface area (Å²) in [7, 11) is 1.73. The molecule has 0 spiro atoms. The molecule has 1 aliphatic rings. The molecule has 0 N–H and O–H groups in total. The highest BCUT2D eigenvalue weighted by Gasteiger charge is 2.34. The molecule has 2 aromatic rings. The van der Waals surface area contributed by atoms with Crippen molar-refractivity contribution in [3.63, 3.8) is 0 Å². The van der Waals surface area contributed by atoms with Gasteiger partial charge < -0.3 is 14.0 Å². The van der Waals surface area contributed by atoms with Crippen LogP contribution in [0.1, 0.15) is 40.8 Å². The Morgan fingerprint density at radius 1 is 1.43 bits per heavy atom. The Labute approximate surface area is 132 Å². The Balaban J connectivity index is 1.91. The quantitative estimate of drug-likeness (QED) is 0.846.